The van der Waals surface area contributed by atoms with E-state index in [1.165, 1.54) is 12.4 Å². The van der Waals surface area contributed by atoms with Gasteiger partial charge in [-0.25, -0.2) is 8.42 Å². The topological polar surface area (TPSA) is 76.9 Å². The molecule has 3 aromatic rings. The zero-order valence-electron chi connectivity index (χ0n) is 13.4. The molecular formula is C16H13F3N4O2S. The molecule has 0 radical (unpaired) electrons. The standard InChI is InChI=1S/C16H13F3N4O2S/c1-23-10-20-21-15(23)13-4-2-3-5-14(13)22-26(24,25)12-8-6-11(7-9-12)16(17,18)19/h2-10,22H,1H3. The van der Waals surface area contributed by atoms with E-state index in [1.807, 2.05) is 0 Å². The van der Waals surface area contributed by atoms with Crippen LogP contribution < -0.4 is 4.72 Å². The van der Waals surface area contributed by atoms with Crippen molar-refractivity contribution in [3.05, 3.63) is 60.4 Å². The first kappa shape index (κ1) is 17.9. The van der Waals surface area contributed by atoms with Crippen LogP contribution in [0.15, 0.2) is 59.8 Å². The van der Waals surface area contributed by atoms with Gasteiger partial charge in [0.1, 0.15) is 6.33 Å². The van der Waals surface area contributed by atoms with Gasteiger partial charge in [-0.2, -0.15) is 13.2 Å². The molecule has 3 rings (SSSR count). The molecule has 136 valence electrons. The van der Waals surface area contributed by atoms with Gasteiger partial charge in [0.25, 0.3) is 10.0 Å². The highest BCUT2D eigenvalue weighted by molar-refractivity contribution is 7.92. The number of aryl methyl sites for hydroxylation is 1. The Morgan fingerprint density at radius 3 is 2.27 bits per heavy atom. The highest BCUT2D eigenvalue weighted by Gasteiger charge is 2.30. The summed E-state index contributed by atoms with van der Waals surface area (Å²) in [4.78, 5) is -0.279. The summed E-state index contributed by atoms with van der Waals surface area (Å²) in [6.45, 7) is 0. The lowest BCUT2D eigenvalue weighted by atomic mass is 10.2. The van der Waals surface area contributed by atoms with Crippen molar-refractivity contribution in [2.24, 2.45) is 7.05 Å². The maximum atomic E-state index is 12.6. The average Bonchev–Trinajstić information content (AvgIpc) is 3.00. The molecule has 1 N–H and O–H groups in total. The Morgan fingerprint density at radius 2 is 1.69 bits per heavy atom. The van der Waals surface area contributed by atoms with Crippen LogP contribution in [0.1, 0.15) is 5.56 Å². The minimum atomic E-state index is -4.53. The second-order valence-corrected chi connectivity index (χ2v) is 7.12. The first-order valence-corrected chi connectivity index (χ1v) is 8.80. The van der Waals surface area contributed by atoms with Gasteiger partial charge in [-0.05, 0) is 36.4 Å². The number of hydrogen-bond acceptors (Lipinski definition) is 4. The Labute approximate surface area is 147 Å². The molecule has 0 fully saturated rings. The molecule has 0 aliphatic carbocycles. The largest absolute Gasteiger partial charge is 0.416 e. The number of alkyl halides is 3. The van der Waals surface area contributed by atoms with Crippen molar-refractivity contribution < 1.29 is 21.6 Å². The summed E-state index contributed by atoms with van der Waals surface area (Å²) in [5, 5.41) is 7.70. The number of rotatable bonds is 4. The molecular weight excluding hydrogens is 369 g/mol. The smallest absolute Gasteiger partial charge is 0.317 e. The van der Waals surface area contributed by atoms with E-state index in [2.05, 4.69) is 14.9 Å². The lowest BCUT2D eigenvalue weighted by Gasteiger charge is -2.13. The lowest BCUT2D eigenvalue weighted by molar-refractivity contribution is -0.137. The van der Waals surface area contributed by atoms with Gasteiger partial charge < -0.3 is 4.57 Å². The summed E-state index contributed by atoms with van der Waals surface area (Å²) in [7, 11) is -2.37. The van der Waals surface area contributed by atoms with Gasteiger partial charge in [0.2, 0.25) is 0 Å². The minimum absolute atomic E-state index is 0.239. The van der Waals surface area contributed by atoms with Gasteiger partial charge in [0, 0.05) is 12.6 Å². The Morgan fingerprint density at radius 1 is 1.04 bits per heavy atom. The van der Waals surface area contributed by atoms with Crippen molar-refractivity contribution in [2.45, 2.75) is 11.1 Å². The number of para-hydroxylation sites is 1. The maximum Gasteiger partial charge on any atom is 0.416 e. The summed E-state index contributed by atoms with van der Waals surface area (Å²) < 4.78 is 67.0. The second kappa shape index (κ2) is 6.45. The zero-order chi connectivity index (χ0) is 18.9. The van der Waals surface area contributed by atoms with Crippen molar-refractivity contribution >= 4 is 15.7 Å². The van der Waals surface area contributed by atoms with Gasteiger partial charge in [-0.1, -0.05) is 12.1 Å². The third-order valence-corrected chi connectivity index (χ3v) is 5.00. The second-order valence-electron chi connectivity index (χ2n) is 5.44. The third kappa shape index (κ3) is 3.54. The van der Waals surface area contributed by atoms with E-state index < -0.39 is 21.8 Å². The SMILES string of the molecule is Cn1cnnc1-c1ccccc1NS(=O)(=O)c1ccc(C(F)(F)F)cc1. The van der Waals surface area contributed by atoms with Crippen LogP contribution in [0, 0.1) is 0 Å². The molecule has 2 aromatic carbocycles. The highest BCUT2D eigenvalue weighted by Crippen LogP contribution is 2.31. The summed E-state index contributed by atoms with van der Waals surface area (Å²) in [5.74, 6) is 0.440. The van der Waals surface area contributed by atoms with Crippen LogP contribution in [-0.2, 0) is 23.2 Å². The van der Waals surface area contributed by atoms with Gasteiger partial charge in [-0.15, -0.1) is 10.2 Å². The first-order chi connectivity index (χ1) is 12.2. The number of benzene rings is 2. The number of anilines is 1. The Hall–Kier alpha value is -2.88. The van der Waals surface area contributed by atoms with Crippen LogP contribution in [0.3, 0.4) is 0 Å². The quantitative estimate of drug-likeness (QED) is 0.751. The molecule has 0 bridgehead atoms. The van der Waals surface area contributed by atoms with E-state index in [-0.39, 0.29) is 10.6 Å². The normalized spacial score (nSPS) is 12.2. The maximum absolute atomic E-state index is 12.6. The highest BCUT2D eigenvalue weighted by atomic mass is 32.2. The molecule has 6 nitrogen and oxygen atoms in total. The van der Waals surface area contributed by atoms with E-state index in [4.69, 9.17) is 0 Å². The van der Waals surface area contributed by atoms with E-state index in [9.17, 15) is 21.6 Å². The molecule has 0 aliphatic heterocycles. The average molecular weight is 382 g/mol. The fourth-order valence-corrected chi connectivity index (χ4v) is 3.40. The molecule has 0 unspecified atom stereocenters. The van der Waals surface area contributed by atoms with Crippen molar-refractivity contribution in [2.75, 3.05) is 4.72 Å². The van der Waals surface area contributed by atoms with Crippen LogP contribution >= 0.6 is 0 Å². The third-order valence-electron chi connectivity index (χ3n) is 3.62. The molecule has 10 heteroatoms. The van der Waals surface area contributed by atoms with Gasteiger partial charge >= 0.3 is 6.18 Å². The van der Waals surface area contributed by atoms with Crippen LogP contribution in [0.4, 0.5) is 18.9 Å². The van der Waals surface area contributed by atoms with Crippen LogP contribution in [-0.4, -0.2) is 23.2 Å². The Bertz CT molecular complexity index is 1030. The van der Waals surface area contributed by atoms with Crippen molar-refractivity contribution in [1.82, 2.24) is 14.8 Å². The lowest BCUT2D eigenvalue weighted by Crippen LogP contribution is -2.14. The van der Waals surface area contributed by atoms with E-state index in [1.54, 1.807) is 29.8 Å². The first-order valence-electron chi connectivity index (χ1n) is 7.32. The van der Waals surface area contributed by atoms with E-state index in [0.717, 1.165) is 24.3 Å². The molecule has 0 saturated heterocycles. The number of nitrogens with one attached hydrogen (secondary N) is 1. The fraction of sp³-hybridized carbons (Fsp3) is 0.125. The van der Waals surface area contributed by atoms with Crippen LogP contribution in [0.25, 0.3) is 11.4 Å². The monoisotopic (exact) mass is 382 g/mol. The van der Waals surface area contributed by atoms with Gasteiger partial charge in [-0.3, -0.25) is 4.72 Å². The summed E-state index contributed by atoms with van der Waals surface area (Å²) >= 11 is 0. The van der Waals surface area contributed by atoms with Gasteiger partial charge in [0.05, 0.1) is 16.1 Å². The zero-order valence-corrected chi connectivity index (χ0v) is 14.2. The molecule has 1 heterocycles. The number of nitrogens with zero attached hydrogens (tertiary/aromatic N) is 3. The van der Waals surface area contributed by atoms with Crippen LogP contribution in [0.2, 0.25) is 0 Å². The van der Waals surface area contributed by atoms with Gasteiger partial charge in [0.15, 0.2) is 5.82 Å². The summed E-state index contributed by atoms with van der Waals surface area (Å²) in [5.41, 5.74) is -0.192. The molecule has 0 spiro atoms. The summed E-state index contributed by atoms with van der Waals surface area (Å²) in [6.07, 6.45) is -3.07. The number of hydrogen-bond donors (Lipinski definition) is 1. The van der Waals surface area contributed by atoms with Crippen molar-refractivity contribution in [1.29, 1.82) is 0 Å². The number of aromatic nitrogens is 3. The van der Waals surface area contributed by atoms with E-state index in [0.29, 0.717) is 11.4 Å². The molecule has 0 amide bonds. The predicted octanol–water partition coefficient (Wildman–Crippen LogP) is 3.30. The molecule has 0 atom stereocenters. The van der Waals surface area contributed by atoms with Crippen LogP contribution in [0.5, 0.6) is 0 Å². The number of sulfonamides is 1. The molecule has 1 aromatic heterocycles. The Kier molecular flexibility index (Phi) is 4.45. The van der Waals surface area contributed by atoms with E-state index >= 15 is 0 Å². The number of halogens is 3. The minimum Gasteiger partial charge on any atom is -0.317 e. The summed E-state index contributed by atoms with van der Waals surface area (Å²) in [6, 6.07) is 9.81. The molecule has 26 heavy (non-hydrogen) atoms. The van der Waals surface area contributed by atoms with Crippen molar-refractivity contribution in [3.63, 3.8) is 0 Å². The predicted molar refractivity (Wildman–Crippen MR) is 88.7 cm³/mol. The Balaban J connectivity index is 1.95. The van der Waals surface area contributed by atoms with Crippen molar-refractivity contribution in [3.8, 4) is 11.4 Å². The molecule has 0 aliphatic rings. The molecule has 0 saturated carbocycles. The fourth-order valence-electron chi connectivity index (χ4n) is 2.32.